The number of carbonyl (C=O) groups excluding carboxylic acids is 2. The molecule has 2 rings (SSSR count). The van der Waals surface area contributed by atoms with Gasteiger partial charge in [-0.25, -0.2) is 4.79 Å². The Morgan fingerprint density at radius 3 is 2.82 bits per heavy atom. The van der Waals surface area contributed by atoms with Crippen molar-refractivity contribution in [2.24, 2.45) is 0 Å². The van der Waals surface area contributed by atoms with E-state index in [0.29, 0.717) is 17.3 Å². The van der Waals surface area contributed by atoms with Crippen LogP contribution in [-0.2, 0) is 11.3 Å². The number of hydrogen-bond donors (Lipinski definition) is 1. The summed E-state index contributed by atoms with van der Waals surface area (Å²) in [4.78, 5) is 23.8. The number of urea groups is 1. The van der Waals surface area contributed by atoms with Crippen molar-refractivity contribution in [3.63, 3.8) is 0 Å². The minimum absolute atomic E-state index is 0.0640. The van der Waals surface area contributed by atoms with Crippen molar-refractivity contribution in [2.45, 2.75) is 6.54 Å². The largest absolute Gasteiger partial charge is 0.496 e. The first kappa shape index (κ1) is 11.7. The van der Waals surface area contributed by atoms with Crippen LogP contribution < -0.4 is 10.1 Å². The Labute approximate surface area is 103 Å². The summed E-state index contributed by atoms with van der Waals surface area (Å²) in [5, 5.41) is 2.78. The molecule has 1 N–H and O–H groups in total. The second-order valence-corrected chi connectivity index (χ2v) is 4.10. The van der Waals surface area contributed by atoms with Gasteiger partial charge in [0.2, 0.25) is 5.91 Å². The van der Waals surface area contributed by atoms with Gasteiger partial charge in [-0.15, -0.1) is 0 Å². The van der Waals surface area contributed by atoms with Crippen molar-refractivity contribution >= 4 is 23.5 Å². The van der Waals surface area contributed by atoms with Gasteiger partial charge < -0.3 is 9.64 Å². The average Bonchev–Trinajstić information content (AvgIpc) is 2.58. The molecule has 17 heavy (non-hydrogen) atoms. The molecule has 0 saturated carbocycles. The lowest BCUT2D eigenvalue weighted by Crippen LogP contribution is -2.27. The van der Waals surface area contributed by atoms with Crippen LogP contribution >= 0.6 is 11.6 Å². The summed E-state index contributed by atoms with van der Waals surface area (Å²) >= 11 is 5.88. The number of carbonyl (C=O) groups is 2. The topological polar surface area (TPSA) is 58.6 Å². The molecule has 1 heterocycles. The molecule has 5 nitrogen and oxygen atoms in total. The minimum Gasteiger partial charge on any atom is -0.496 e. The molecule has 0 radical (unpaired) electrons. The van der Waals surface area contributed by atoms with Gasteiger partial charge in [0, 0.05) is 10.6 Å². The summed E-state index contributed by atoms with van der Waals surface area (Å²) < 4.78 is 5.17. The first-order valence-corrected chi connectivity index (χ1v) is 5.39. The van der Waals surface area contributed by atoms with E-state index in [1.807, 2.05) is 0 Å². The van der Waals surface area contributed by atoms with E-state index in [9.17, 15) is 9.59 Å². The van der Waals surface area contributed by atoms with Crippen LogP contribution in [0.5, 0.6) is 5.75 Å². The zero-order valence-corrected chi connectivity index (χ0v) is 9.95. The van der Waals surface area contributed by atoms with Crippen molar-refractivity contribution in [2.75, 3.05) is 13.7 Å². The number of rotatable bonds is 3. The number of imide groups is 1. The lowest BCUT2D eigenvalue weighted by atomic mass is 10.2. The minimum atomic E-state index is -0.392. The molecule has 1 aliphatic rings. The van der Waals surface area contributed by atoms with Crippen LogP contribution in [0.2, 0.25) is 5.02 Å². The Morgan fingerprint density at radius 2 is 2.24 bits per heavy atom. The van der Waals surface area contributed by atoms with E-state index in [0.717, 1.165) is 5.56 Å². The maximum atomic E-state index is 11.4. The van der Waals surface area contributed by atoms with E-state index in [1.165, 1.54) is 4.90 Å². The second-order valence-electron chi connectivity index (χ2n) is 3.67. The highest BCUT2D eigenvalue weighted by Crippen LogP contribution is 2.24. The number of nitrogens with zero attached hydrogens (tertiary/aromatic N) is 1. The van der Waals surface area contributed by atoms with Gasteiger partial charge in [-0.2, -0.15) is 0 Å². The van der Waals surface area contributed by atoms with Gasteiger partial charge in [0.25, 0.3) is 0 Å². The Kier molecular flexibility index (Phi) is 3.19. The normalized spacial score (nSPS) is 15.1. The monoisotopic (exact) mass is 254 g/mol. The molecule has 0 bridgehead atoms. The molecule has 0 unspecified atom stereocenters. The highest BCUT2D eigenvalue weighted by atomic mass is 35.5. The van der Waals surface area contributed by atoms with Crippen molar-refractivity contribution in [1.29, 1.82) is 0 Å². The summed E-state index contributed by atoms with van der Waals surface area (Å²) in [6.45, 7) is 0.357. The fourth-order valence-corrected chi connectivity index (χ4v) is 1.88. The maximum Gasteiger partial charge on any atom is 0.324 e. The van der Waals surface area contributed by atoms with Crippen LogP contribution in [-0.4, -0.2) is 30.5 Å². The van der Waals surface area contributed by atoms with Crippen molar-refractivity contribution < 1.29 is 14.3 Å². The Hall–Kier alpha value is -1.75. The fourth-order valence-electron chi connectivity index (χ4n) is 1.69. The predicted molar refractivity (Wildman–Crippen MR) is 62.0 cm³/mol. The van der Waals surface area contributed by atoms with Crippen LogP contribution in [0.15, 0.2) is 18.2 Å². The van der Waals surface area contributed by atoms with Crippen molar-refractivity contribution in [1.82, 2.24) is 10.2 Å². The molecule has 1 saturated heterocycles. The van der Waals surface area contributed by atoms with E-state index < -0.39 is 6.03 Å². The van der Waals surface area contributed by atoms with Gasteiger partial charge in [0.1, 0.15) is 12.3 Å². The Bertz CT molecular complexity index is 476. The van der Waals surface area contributed by atoms with Crippen LogP contribution in [0, 0.1) is 0 Å². The molecular formula is C11H11ClN2O3. The molecule has 90 valence electrons. The number of halogens is 1. The number of hydrogen-bond acceptors (Lipinski definition) is 3. The highest BCUT2D eigenvalue weighted by molar-refractivity contribution is 6.30. The molecule has 0 spiro atoms. The zero-order valence-electron chi connectivity index (χ0n) is 9.20. The van der Waals surface area contributed by atoms with E-state index in [2.05, 4.69) is 5.32 Å². The Balaban J connectivity index is 2.20. The van der Waals surface area contributed by atoms with Crippen LogP contribution in [0.25, 0.3) is 0 Å². The summed E-state index contributed by atoms with van der Waals surface area (Å²) in [6, 6.07) is 4.76. The molecule has 3 amide bonds. The highest BCUT2D eigenvalue weighted by Gasteiger charge is 2.27. The quantitative estimate of drug-likeness (QED) is 0.830. The van der Waals surface area contributed by atoms with E-state index in [1.54, 1.807) is 25.3 Å². The predicted octanol–water partition coefficient (Wildman–Crippen LogP) is 1.40. The SMILES string of the molecule is COc1ccc(Cl)cc1CN1CC(=O)NC1=O. The van der Waals surface area contributed by atoms with Crippen molar-refractivity contribution in [3.05, 3.63) is 28.8 Å². The molecule has 0 atom stereocenters. The zero-order chi connectivity index (χ0) is 12.4. The third-order valence-electron chi connectivity index (χ3n) is 2.47. The van der Waals surface area contributed by atoms with Gasteiger partial charge in [0.05, 0.1) is 13.7 Å². The van der Waals surface area contributed by atoms with E-state index in [4.69, 9.17) is 16.3 Å². The first-order valence-electron chi connectivity index (χ1n) is 5.01. The number of amides is 3. The fraction of sp³-hybridized carbons (Fsp3) is 0.273. The number of methoxy groups -OCH3 is 1. The average molecular weight is 255 g/mol. The smallest absolute Gasteiger partial charge is 0.324 e. The van der Waals surface area contributed by atoms with E-state index >= 15 is 0 Å². The molecule has 0 aliphatic carbocycles. The molecule has 6 heteroatoms. The van der Waals surface area contributed by atoms with Gasteiger partial charge >= 0.3 is 6.03 Å². The summed E-state index contributed by atoms with van der Waals surface area (Å²) in [5.41, 5.74) is 0.768. The van der Waals surface area contributed by atoms with Crippen LogP contribution in [0.3, 0.4) is 0 Å². The van der Waals surface area contributed by atoms with Crippen LogP contribution in [0.1, 0.15) is 5.56 Å². The molecule has 1 aromatic rings. The molecule has 1 aromatic carbocycles. The third-order valence-corrected chi connectivity index (χ3v) is 2.71. The molecule has 1 fully saturated rings. The standard InChI is InChI=1S/C11H11ClN2O3/c1-17-9-3-2-8(12)4-7(9)5-14-6-10(15)13-11(14)16/h2-4H,5-6H2,1H3,(H,13,15,16). The molecule has 0 aromatic heterocycles. The lowest BCUT2D eigenvalue weighted by molar-refractivity contribution is -0.118. The molecule has 1 aliphatic heterocycles. The lowest BCUT2D eigenvalue weighted by Gasteiger charge is -2.15. The first-order chi connectivity index (χ1) is 8.10. The summed E-state index contributed by atoms with van der Waals surface area (Å²) in [5.74, 6) is 0.345. The maximum absolute atomic E-state index is 11.4. The van der Waals surface area contributed by atoms with Gasteiger partial charge in [-0.05, 0) is 18.2 Å². The van der Waals surface area contributed by atoms with Gasteiger partial charge in [0.15, 0.2) is 0 Å². The van der Waals surface area contributed by atoms with Crippen LogP contribution in [0.4, 0.5) is 4.79 Å². The van der Waals surface area contributed by atoms with Gasteiger partial charge in [-0.3, -0.25) is 10.1 Å². The number of nitrogens with one attached hydrogen (secondary N) is 1. The second kappa shape index (κ2) is 4.63. The number of benzene rings is 1. The third kappa shape index (κ3) is 2.50. The molecular weight excluding hydrogens is 244 g/mol. The van der Waals surface area contributed by atoms with E-state index in [-0.39, 0.29) is 12.5 Å². The number of ether oxygens (including phenoxy) is 1. The summed E-state index contributed by atoms with van der Waals surface area (Å²) in [6.07, 6.45) is 0. The Morgan fingerprint density at radius 1 is 1.47 bits per heavy atom. The van der Waals surface area contributed by atoms with Crippen molar-refractivity contribution in [3.8, 4) is 5.75 Å². The summed E-state index contributed by atoms with van der Waals surface area (Å²) in [7, 11) is 1.54. The van der Waals surface area contributed by atoms with Gasteiger partial charge in [-0.1, -0.05) is 11.6 Å².